The van der Waals surface area contributed by atoms with Crippen LogP contribution in [0.15, 0.2) is 60.7 Å². The molecule has 0 saturated heterocycles. The lowest BCUT2D eigenvalue weighted by molar-refractivity contribution is 0.0684. The molecule has 2 aromatic carbocycles. The number of nitrogens with zero attached hydrogens (tertiary/aromatic N) is 3. The zero-order valence-electron chi connectivity index (χ0n) is 14.3. The highest BCUT2D eigenvalue weighted by Gasteiger charge is 2.20. The zero-order valence-corrected chi connectivity index (χ0v) is 14.3. The zero-order chi connectivity index (χ0) is 17.8. The number of pyridine rings is 1. The van der Waals surface area contributed by atoms with E-state index in [-0.39, 0.29) is 11.9 Å². The molecule has 0 atom stereocenters. The molecule has 0 fully saturated rings. The number of nitriles is 1. The Morgan fingerprint density at radius 2 is 1.80 bits per heavy atom. The van der Waals surface area contributed by atoms with Gasteiger partial charge in [0.1, 0.15) is 5.69 Å². The van der Waals surface area contributed by atoms with Crippen LogP contribution in [0.4, 0.5) is 0 Å². The summed E-state index contributed by atoms with van der Waals surface area (Å²) >= 11 is 0. The number of hydrogen-bond donors (Lipinski definition) is 0. The van der Waals surface area contributed by atoms with E-state index in [1.807, 2.05) is 56.3 Å². The number of para-hydroxylation sites is 1. The van der Waals surface area contributed by atoms with Gasteiger partial charge in [0.25, 0.3) is 5.91 Å². The largest absolute Gasteiger partial charge is 0.331 e. The van der Waals surface area contributed by atoms with Crippen LogP contribution in [0, 0.1) is 11.3 Å². The Kier molecular flexibility index (Phi) is 4.76. The summed E-state index contributed by atoms with van der Waals surface area (Å²) in [6.07, 6.45) is 0. The van der Waals surface area contributed by atoms with Gasteiger partial charge in [0.05, 0.1) is 17.1 Å². The smallest absolute Gasteiger partial charge is 0.273 e. The summed E-state index contributed by atoms with van der Waals surface area (Å²) in [6, 6.07) is 20.9. The molecule has 1 aromatic heterocycles. The maximum absolute atomic E-state index is 13.0. The molecule has 0 aliphatic heterocycles. The number of benzene rings is 2. The summed E-state index contributed by atoms with van der Waals surface area (Å²) in [5.74, 6) is -0.0925. The third-order valence-electron chi connectivity index (χ3n) is 4.14. The number of hydrogen-bond acceptors (Lipinski definition) is 3. The van der Waals surface area contributed by atoms with E-state index in [0.717, 1.165) is 16.5 Å². The SMILES string of the molecule is CC(C)N(Cc1ccc(C#N)cc1)C(=O)c1ccc2ccccc2n1. The van der Waals surface area contributed by atoms with E-state index in [1.54, 1.807) is 23.1 Å². The van der Waals surface area contributed by atoms with Gasteiger partial charge in [0.2, 0.25) is 0 Å². The molecule has 3 aromatic rings. The first-order chi connectivity index (χ1) is 12.1. The van der Waals surface area contributed by atoms with Crippen molar-refractivity contribution in [2.24, 2.45) is 0 Å². The lowest BCUT2D eigenvalue weighted by Crippen LogP contribution is -2.36. The Labute approximate surface area is 147 Å². The minimum atomic E-state index is -0.0925. The van der Waals surface area contributed by atoms with E-state index in [0.29, 0.717) is 17.8 Å². The van der Waals surface area contributed by atoms with Crippen molar-refractivity contribution in [2.45, 2.75) is 26.4 Å². The number of carbonyl (C=O) groups is 1. The molecule has 4 nitrogen and oxygen atoms in total. The molecule has 0 saturated carbocycles. The molecule has 0 radical (unpaired) electrons. The van der Waals surface area contributed by atoms with E-state index < -0.39 is 0 Å². The molecule has 0 aliphatic carbocycles. The van der Waals surface area contributed by atoms with Crippen LogP contribution in [-0.4, -0.2) is 21.8 Å². The fourth-order valence-corrected chi connectivity index (χ4v) is 2.70. The Morgan fingerprint density at radius 3 is 2.48 bits per heavy atom. The lowest BCUT2D eigenvalue weighted by atomic mass is 10.1. The topological polar surface area (TPSA) is 57.0 Å². The van der Waals surface area contributed by atoms with Gasteiger partial charge in [-0.3, -0.25) is 4.79 Å². The molecule has 25 heavy (non-hydrogen) atoms. The third-order valence-corrected chi connectivity index (χ3v) is 4.14. The van der Waals surface area contributed by atoms with Crippen LogP contribution >= 0.6 is 0 Å². The van der Waals surface area contributed by atoms with Crippen LogP contribution in [0.3, 0.4) is 0 Å². The summed E-state index contributed by atoms with van der Waals surface area (Å²) in [4.78, 5) is 19.3. The van der Waals surface area contributed by atoms with Crippen molar-refractivity contribution >= 4 is 16.8 Å². The monoisotopic (exact) mass is 329 g/mol. The van der Waals surface area contributed by atoms with Gasteiger partial charge in [-0.05, 0) is 43.7 Å². The summed E-state index contributed by atoms with van der Waals surface area (Å²) < 4.78 is 0. The molecule has 0 spiro atoms. The van der Waals surface area contributed by atoms with E-state index >= 15 is 0 Å². The molecule has 124 valence electrons. The number of rotatable bonds is 4. The summed E-state index contributed by atoms with van der Waals surface area (Å²) in [6.45, 7) is 4.46. The van der Waals surface area contributed by atoms with Crippen molar-refractivity contribution in [3.63, 3.8) is 0 Å². The second-order valence-electron chi connectivity index (χ2n) is 6.22. The molecule has 0 aliphatic rings. The second-order valence-corrected chi connectivity index (χ2v) is 6.22. The van der Waals surface area contributed by atoms with Crippen LogP contribution in [0.1, 0.15) is 35.5 Å². The average Bonchev–Trinajstić information content (AvgIpc) is 2.65. The highest BCUT2D eigenvalue weighted by Crippen LogP contribution is 2.16. The predicted octanol–water partition coefficient (Wildman–Crippen LogP) is 4.16. The van der Waals surface area contributed by atoms with Crippen LogP contribution in [0.5, 0.6) is 0 Å². The lowest BCUT2D eigenvalue weighted by Gasteiger charge is -2.26. The van der Waals surface area contributed by atoms with Crippen LogP contribution in [-0.2, 0) is 6.54 Å². The van der Waals surface area contributed by atoms with Gasteiger partial charge in [-0.25, -0.2) is 4.98 Å². The standard InChI is InChI=1S/C21H19N3O/c1-15(2)24(14-17-9-7-16(13-22)8-10-17)21(25)20-12-11-18-5-3-4-6-19(18)23-20/h3-12,15H,14H2,1-2H3. The average molecular weight is 329 g/mol. The van der Waals surface area contributed by atoms with Crippen molar-refractivity contribution in [1.82, 2.24) is 9.88 Å². The number of fused-ring (bicyclic) bond motifs is 1. The quantitative estimate of drug-likeness (QED) is 0.722. The first-order valence-electron chi connectivity index (χ1n) is 8.24. The van der Waals surface area contributed by atoms with Crippen LogP contribution in [0.25, 0.3) is 10.9 Å². The van der Waals surface area contributed by atoms with Crippen molar-refractivity contribution in [1.29, 1.82) is 5.26 Å². The molecule has 1 amide bonds. The molecule has 0 bridgehead atoms. The summed E-state index contributed by atoms with van der Waals surface area (Å²) in [5, 5.41) is 9.92. The third kappa shape index (κ3) is 3.67. The maximum atomic E-state index is 13.0. The summed E-state index contributed by atoms with van der Waals surface area (Å²) in [5.41, 5.74) is 2.86. The van der Waals surface area contributed by atoms with Gasteiger partial charge >= 0.3 is 0 Å². The van der Waals surface area contributed by atoms with Gasteiger partial charge in [0.15, 0.2) is 0 Å². The fourth-order valence-electron chi connectivity index (χ4n) is 2.70. The van der Waals surface area contributed by atoms with E-state index in [4.69, 9.17) is 5.26 Å². The summed E-state index contributed by atoms with van der Waals surface area (Å²) in [7, 11) is 0. The van der Waals surface area contributed by atoms with E-state index in [9.17, 15) is 4.79 Å². The minimum Gasteiger partial charge on any atom is -0.331 e. The highest BCUT2D eigenvalue weighted by atomic mass is 16.2. The minimum absolute atomic E-state index is 0.0383. The predicted molar refractivity (Wildman–Crippen MR) is 97.9 cm³/mol. The van der Waals surface area contributed by atoms with Crippen molar-refractivity contribution < 1.29 is 4.79 Å². The first-order valence-corrected chi connectivity index (χ1v) is 8.24. The Morgan fingerprint density at radius 1 is 1.08 bits per heavy atom. The van der Waals surface area contributed by atoms with Gasteiger partial charge in [-0.15, -0.1) is 0 Å². The molecular weight excluding hydrogens is 310 g/mol. The maximum Gasteiger partial charge on any atom is 0.273 e. The molecule has 1 heterocycles. The molecular formula is C21H19N3O. The van der Waals surface area contributed by atoms with E-state index in [1.165, 1.54) is 0 Å². The van der Waals surface area contributed by atoms with Gasteiger partial charge in [0, 0.05) is 18.0 Å². The Balaban J connectivity index is 1.87. The molecule has 4 heteroatoms. The normalized spacial score (nSPS) is 10.6. The van der Waals surface area contributed by atoms with Crippen molar-refractivity contribution in [3.8, 4) is 6.07 Å². The van der Waals surface area contributed by atoms with Crippen molar-refractivity contribution in [3.05, 3.63) is 77.5 Å². The van der Waals surface area contributed by atoms with Gasteiger partial charge in [-0.2, -0.15) is 5.26 Å². The molecule has 0 unspecified atom stereocenters. The molecule has 0 N–H and O–H groups in total. The second kappa shape index (κ2) is 7.14. The fraction of sp³-hybridized carbons (Fsp3) is 0.190. The van der Waals surface area contributed by atoms with Crippen molar-refractivity contribution in [2.75, 3.05) is 0 Å². The molecule has 3 rings (SSSR count). The van der Waals surface area contributed by atoms with E-state index in [2.05, 4.69) is 11.1 Å². The Bertz CT molecular complexity index is 939. The number of aromatic nitrogens is 1. The number of carbonyl (C=O) groups excluding carboxylic acids is 1. The van der Waals surface area contributed by atoms with Crippen LogP contribution in [0.2, 0.25) is 0 Å². The Hall–Kier alpha value is -3.19. The first kappa shape index (κ1) is 16.7. The highest BCUT2D eigenvalue weighted by molar-refractivity contribution is 5.95. The van der Waals surface area contributed by atoms with Gasteiger partial charge in [-0.1, -0.05) is 36.4 Å². The van der Waals surface area contributed by atoms with Gasteiger partial charge < -0.3 is 4.90 Å². The van der Waals surface area contributed by atoms with Crippen LogP contribution < -0.4 is 0 Å². The number of amides is 1.